The van der Waals surface area contributed by atoms with Gasteiger partial charge in [-0.1, -0.05) is 12.1 Å². The molecule has 17 heavy (non-hydrogen) atoms. The van der Waals surface area contributed by atoms with Crippen LogP contribution < -0.4 is 5.73 Å². The van der Waals surface area contributed by atoms with Crippen LogP contribution in [0.4, 0.5) is 4.39 Å². The molecule has 0 bridgehead atoms. The molecule has 0 amide bonds. The Bertz CT molecular complexity index is 372. The smallest absolute Gasteiger partial charge is 0.126 e. The summed E-state index contributed by atoms with van der Waals surface area (Å²) in [5.41, 5.74) is 7.73. The average molecular weight is 236 g/mol. The zero-order chi connectivity index (χ0) is 12.3. The molecule has 0 aromatic heterocycles. The van der Waals surface area contributed by atoms with Crippen LogP contribution in [0.3, 0.4) is 0 Å². The van der Waals surface area contributed by atoms with E-state index in [-0.39, 0.29) is 5.82 Å². The van der Waals surface area contributed by atoms with E-state index in [4.69, 9.17) is 5.73 Å². The summed E-state index contributed by atoms with van der Waals surface area (Å²) in [6.45, 7) is 5.79. The lowest BCUT2D eigenvalue weighted by atomic mass is 9.97. The largest absolute Gasteiger partial charge is 0.330 e. The lowest BCUT2D eigenvalue weighted by Crippen LogP contribution is -2.29. The van der Waals surface area contributed by atoms with E-state index in [0.717, 1.165) is 6.54 Å². The minimum absolute atomic E-state index is 0.134. The van der Waals surface area contributed by atoms with Crippen LogP contribution in [0, 0.1) is 12.7 Å². The van der Waals surface area contributed by atoms with E-state index in [9.17, 15) is 4.39 Å². The summed E-state index contributed by atoms with van der Waals surface area (Å²) >= 11 is 0. The first-order valence-corrected chi connectivity index (χ1v) is 6.39. The van der Waals surface area contributed by atoms with Gasteiger partial charge in [-0.25, -0.2) is 4.39 Å². The molecular weight excluding hydrogens is 215 g/mol. The Morgan fingerprint density at radius 1 is 1.35 bits per heavy atom. The first kappa shape index (κ1) is 12.5. The van der Waals surface area contributed by atoms with Gasteiger partial charge in [-0.15, -0.1) is 0 Å². The zero-order valence-corrected chi connectivity index (χ0v) is 10.5. The van der Waals surface area contributed by atoms with Gasteiger partial charge in [0, 0.05) is 19.0 Å². The maximum atomic E-state index is 13.2. The van der Waals surface area contributed by atoms with Gasteiger partial charge in [0.05, 0.1) is 0 Å². The number of aryl methyl sites for hydroxylation is 1. The Kier molecular flexibility index (Phi) is 4.13. The molecule has 1 fully saturated rings. The van der Waals surface area contributed by atoms with Crippen LogP contribution in [0.15, 0.2) is 18.2 Å². The predicted octanol–water partition coefficient (Wildman–Crippen LogP) is 2.27. The molecule has 1 aliphatic rings. The molecule has 2 N–H and O–H groups in total. The summed E-state index contributed by atoms with van der Waals surface area (Å²) in [6, 6.07) is 5.36. The Morgan fingerprint density at radius 2 is 2.06 bits per heavy atom. The molecule has 1 atom stereocenters. The third-order valence-corrected chi connectivity index (χ3v) is 3.62. The molecule has 0 aliphatic carbocycles. The minimum Gasteiger partial charge on any atom is -0.330 e. The fourth-order valence-corrected chi connectivity index (χ4v) is 2.51. The summed E-state index contributed by atoms with van der Waals surface area (Å²) < 4.78 is 13.2. The fourth-order valence-electron chi connectivity index (χ4n) is 2.51. The van der Waals surface area contributed by atoms with Crippen LogP contribution in [-0.2, 0) is 0 Å². The third kappa shape index (κ3) is 3.05. The third-order valence-electron chi connectivity index (χ3n) is 3.62. The van der Waals surface area contributed by atoms with Gasteiger partial charge in [-0.05, 0) is 50.0 Å². The van der Waals surface area contributed by atoms with Crippen molar-refractivity contribution in [2.45, 2.75) is 25.7 Å². The molecule has 1 saturated heterocycles. The number of likely N-dealkylation sites (tertiary alicyclic amines) is 1. The van der Waals surface area contributed by atoms with E-state index in [1.54, 1.807) is 6.07 Å². The standard InChI is InChI=1S/C14H21FN2/c1-11-8-12(4-5-14(11)15)13(9-16)10-17-6-2-3-7-17/h4-5,8,13H,2-3,6-7,9-10,16H2,1H3. The van der Waals surface area contributed by atoms with E-state index in [2.05, 4.69) is 4.90 Å². The summed E-state index contributed by atoms with van der Waals surface area (Å²) in [7, 11) is 0. The Morgan fingerprint density at radius 3 is 2.65 bits per heavy atom. The zero-order valence-electron chi connectivity index (χ0n) is 10.5. The van der Waals surface area contributed by atoms with Crippen LogP contribution in [0.25, 0.3) is 0 Å². The fraction of sp³-hybridized carbons (Fsp3) is 0.571. The summed E-state index contributed by atoms with van der Waals surface area (Å²) in [5.74, 6) is 0.193. The maximum Gasteiger partial charge on any atom is 0.126 e. The molecule has 2 nitrogen and oxygen atoms in total. The number of hydrogen-bond acceptors (Lipinski definition) is 2. The first-order valence-electron chi connectivity index (χ1n) is 6.39. The van der Waals surface area contributed by atoms with Gasteiger partial charge in [-0.2, -0.15) is 0 Å². The van der Waals surface area contributed by atoms with Gasteiger partial charge in [0.2, 0.25) is 0 Å². The van der Waals surface area contributed by atoms with Gasteiger partial charge in [-0.3, -0.25) is 0 Å². The molecule has 0 saturated carbocycles. The van der Waals surface area contributed by atoms with E-state index >= 15 is 0 Å². The molecular formula is C14H21FN2. The molecule has 3 heteroatoms. The summed E-state index contributed by atoms with van der Waals surface area (Å²) in [4.78, 5) is 2.45. The monoisotopic (exact) mass is 236 g/mol. The number of nitrogens with zero attached hydrogens (tertiary/aromatic N) is 1. The Hall–Kier alpha value is -0.930. The van der Waals surface area contributed by atoms with E-state index < -0.39 is 0 Å². The first-order chi connectivity index (χ1) is 8.20. The number of rotatable bonds is 4. The number of hydrogen-bond donors (Lipinski definition) is 1. The quantitative estimate of drug-likeness (QED) is 0.869. The van der Waals surface area contributed by atoms with E-state index in [1.165, 1.54) is 31.5 Å². The molecule has 1 heterocycles. The topological polar surface area (TPSA) is 29.3 Å². The van der Waals surface area contributed by atoms with Crippen molar-refractivity contribution in [1.82, 2.24) is 4.90 Å². The van der Waals surface area contributed by atoms with Gasteiger partial charge in [0.1, 0.15) is 5.82 Å². The molecule has 0 radical (unpaired) electrons. The minimum atomic E-state index is -0.134. The van der Waals surface area contributed by atoms with Crippen LogP contribution in [0.2, 0.25) is 0 Å². The molecule has 1 aliphatic heterocycles. The molecule has 1 aromatic carbocycles. The van der Waals surface area contributed by atoms with Crippen molar-refractivity contribution in [3.63, 3.8) is 0 Å². The lowest BCUT2D eigenvalue weighted by molar-refractivity contribution is 0.315. The molecule has 1 aromatic rings. The van der Waals surface area contributed by atoms with Gasteiger partial charge in [0.25, 0.3) is 0 Å². The van der Waals surface area contributed by atoms with Gasteiger partial charge < -0.3 is 10.6 Å². The van der Waals surface area contributed by atoms with Crippen molar-refractivity contribution < 1.29 is 4.39 Å². The number of benzene rings is 1. The van der Waals surface area contributed by atoms with Crippen LogP contribution >= 0.6 is 0 Å². The predicted molar refractivity (Wildman–Crippen MR) is 68.6 cm³/mol. The Balaban J connectivity index is 2.08. The molecule has 1 unspecified atom stereocenters. The molecule has 0 spiro atoms. The van der Waals surface area contributed by atoms with Crippen molar-refractivity contribution in [1.29, 1.82) is 0 Å². The summed E-state index contributed by atoms with van der Waals surface area (Å²) in [5, 5.41) is 0. The van der Waals surface area contributed by atoms with Crippen molar-refractivity contribution in [2.24, 2.45) is 5.73 Å². The highest BCUT2D eigenvalue weighted by atomic mass is 19.1. The van der Waals surface area contributed by atoms with Crippen LogP contribution in [-0.4, -0.2) is 31.1 Å². The second kappa shape index (κ2) is 5.61. The van der Waals surface area contributed by atoms with Crippen molar-refractivity contribution in [3.8, 4) is 0 Å². The van der Waals surface area contributed by atoms with Gasteiger partial charge >= 0.3 is 0 Å². The summed E-state index contributed by atoms with van der Waals surface area (Å²) in [6.07, 6.45) is 2.58. The molecule has 94 valence electrons. The molecule has 2 rings (SSSR count). The number of nitrogens with two attached hydrogens (primary N) is 1. The Labute approximate surface area is 103 Å². The van der Waals surface area contributed by atoms with Gasteiger partial charge in [0.15, 0.2) is 0 Å². The average Bonchev–Trinajstić information content (AvgIpc) is 2.82. The van der Waals surface area contributed by atoms with Crippen molar-refractivity contribution in [2.75, 3.05) is 26.2 Å². The van der Waals surface area contributed by atoms with Crippen LogP contribution in [0.5, 0.6) is 0 Å². The highest BCUT2D eigenvalue weighted by Crippen LogP contribution is 2.21. The van der Waals surface area contributed by atoms with Crippen molar-refractivity contribution in [3.05, 3.63) is 35.1 Å². The maximum absolute atomic E-state index is 13.2. The highest BCUT2D eigenvalue weighted by molar-refractivity contribution is 5.27. The second-order valence-corrected chi connectivity index (χ2v) is 4.95. The highest BCUT2D eigenvalue weighted by Gasteiger charge is 2.18. The SMILES string of the molecule is Cc1cc(C(CN)CN2CCCC2)ccc1F. The lowest BCUT2D eigenvalue weighted by Gasteiger charge is -2.23. The van der Waals surface area contributed by atoms with E-state index in [0.29, 0.717) is 18.0 Å². The normalized spacial score (nSPS) is 18.5. The van der Waals surface area contributed by atoms with Crippen molar-refractivity contribution >= 4 is 0 Å². The second-order valence-electron chi connectivity index (χ2n) is 4.95. The van der Waals surface area contributed by atoms with Crippen LogP contribution in [0.1, 0.15) is 29.9 Å². The number of halogens is 1. The van der Waals surface area contributed by atoms with E-state index in [1.807, 2.05) is 19.1 Å².